The number of esters is 1. The molecule has 0 aromatic heterocycles. The topological polar surface area (TPSA) is 66.9 Å². The van der Waals surface area contributed by atoms with Crippen LogP contribution >= 0.6 is 12.2 Å². The lowest BCUT2D eigenvalue weighted by molar-refractivity contribution is 0.0526. The summed E-state index contributed by atoms with van der Waals surface area (Å²) in [5.74, 6) is -0.254. The molecule has 2 fully saturated rings. The first-order valence-electron chi connectivity index (χ1n) is 9.06. The lowest BCUT2D eigenvalue weighted by Crippen LogP contribution is -2.37. The fourth-order valence-electron chi connectivity index (χ4n) is 3.87. The van der Waals surface area contributed by atoms with E-state index in [-0.39, 0.29) is 29.6 Å². The Bertz CT molecular complexity index is 1010. The maximum atomic E-state index is 12.4. The van der Waals surface area contributed by atoms with E-state index in [0.717, 1.165) is 11.4 Å². The Morgan fingerprint density at radius 3 is 2.07 bits per heavy atom. The standard InChI is InChI=1S/C20H20N2O4S2/c1-2-26-19(23)14-8-10-16(11-9-14)22-18-13-28(24,25)12-17(18)21(20(22)27)15-6-4-3-5-7-15/h3-11,17-18H,2,12-13H2,1H3/t17-,18-/m0/s1. The maximum Gasteiger partial charge on any atom is 0.338 e. The predicted molar refractivity (Wildman–Crippen MR) is 113 cm³/mol. The first kappa shape index (κ1) is 18.9. The number of fused-ring (bicyclic) bond motifs is 1. The average Bonchev–Trinajstić information content (AvgIpc) is 3.11. The fourth-order valence-corrected chi connectivity index (χ4v) is 6.27. The smallest absolute Gasteiger partial charge is 0.338 e. The molecule has 2 aliphatic heterocycles. The summed E-state index contributed by atoms with van der Waals surface area (Å²) in [4.78, 5) is 15.7. The molecule has 2 saturated heterocycles. The van der Waals surface area contributed by atoms with E-state index >= 15 is 0 Å². The highest BCUT2D eigenvalue weighted by atomic mass is 32.2. The van der Waals surface area contributed by atoms with Crippen LogP contribution in [0.4, 0.5) is 11.4 Å². The molecule has 0 unspecified atom stereocenters. The van der Waals surface area contributed by atoms with Gasteiger partial charge in [-0.1, -0.05) is 18.2 Å². The van der Waals surface area contributed by atoms with E-state index in [1.165, 1.54) is 0 Å². The van der Waals surface area contributed by atoms with Gasteiger partial charge in [-0.3, -0.25) is 0 Å². The number of anilines is 2. The molecule has 2 aromatic carbocycles. The molecule has 146 valence electrons. The molecule has 0 N–H and O–H groups in total. The van der Waals surface area contributed by atoms with Crippen molar-refractivity contribution in [2.24, 2.45) is 0 Å². The number of thiocarbonyl (C=S) groups is 1. The third kappa shape index (κ3) is 3.27. The van der Waals surface area contributed by atoms with Crippen LogP contribution in [0.2, 0.25) is 0 Å². The zero-order valence-electron chi connectivity index (χ0n) is 15.3. The van der Waals surface area contributed by atoms with Crippen LogP contribution in [0.1, 0.15) is 17.3 Å². The van der Waals surface area contributed by atoms with Gasteiger partial charge in [0.1, 0.15) is 0 Å². The second kappa shape index (κ2) is 7.18. The van der Waals surface area contributed by atoms with E-state index in [2.05, 4.69) is 0 Å². The molecule has 8 heteroatoms. The van der Waals surface area contributed by atoms with Crippen molar-refractivity contribution in [1.82, 2.24) is 0 Å². The number of hydrogen-bond donors (Lipinski definition) is 0. The second-order valence-electron chi connectivity index (χ2n) is 6.84. The molecular formula is C20H20N2O4S2. The third-order valence-electron chi connectivity index (χ3n) is 5.06. The van der Waals surface area contributed by atoms with Gasteiger partial charge in [0.05, 0.1) is 35.8 Å². The molecule has 0 aliphatic carbocycles. The second-order valence-corrected chi connectivity index (χ2v) is 9.36. The van der Waals surface area contributed by atoms with Gasteiger partial charge in [0.2, 0.25) is 0 Å². The van der Waals surface area contributed by atoms with Gasteiger partial charge in [-0.25, -0.2) is 13.2 Å². The van der Waals surface area contributed by atoms with Gasteiger partial charge in [-0.2, -0.15) is 0 Å². The molecule has 0 bridgehead atoms. The highest BCUT2D eigenvalue weighted by molar-refractivity contribution is 7.91. The molecule has 0 spiro atoms. The number of rotatable bonds is 4. The number of carbonyl (C=O) groups excluding carboxylic acids is 1. The van der Waals surface area contributed by atoms with Gasteiger partial charge < -0.3 is 14.5 Å². The normalized spacial score (nSPS) is 23.0. The van der Waals surface area contributed by atoms with Crippen molar-refractivity contribution in [2.45, 2.75) is 19.0 Å². The van der Waals surface area contributed by atoms with Crippen molar-refractivity contribution < 1.29 is 17.9 Å². The van der Waals surface area contributed by atoms with Gasteiger partial charge in [-0.15, -0.1) is 0 Å². The van der Waals surface area contributed by atoms with Crippen molar-refractivity contribution in [2.75, 3.05) is 27.9 Å². The molecule has 2 heterocycles. The van der Waals surface area contributed by atoms with E-state index in [9.17, 15) is 13.2 Å². The molecule has 0 radical (unpaired) electrons. The van der Waals surface area contributed by atoms with Crippen molar-refractivity contribution in [1.29, 1.82) is 0 Å². The zero-order valence-corrected chi connectivity index (χ0v) is 16.9. The summed E-state index contributed by atoms with van der Waals surface area (Å²) < 4.78 is 29.7. The number of ether oxygens (including phenoxy) is 1. The Kier molecular flexibility index (Phi) is 4.84. The summed E-state index contributed by atoms with van der Waals surface area (Å²) in [5.41, 5.74) is 2.10. The maximum absolute atomic E-state index is 12.4. The molecule has 2 aromatic rings. The lowest BCUT2D eigenvalue weighted by Gasteiger charge is -2.25. The van der Waals surface area contributed by atoms with Gasteiger partial charge in [0.25, 0.3) is 0 Å². The predicted octanol–water partition coefficient (Wildman–Crippen LogP) is 2.64. The first-order valence-corrected chi connectivity index (χ1v) is 11.3. The van der Waals surface area contributed by atoms with E-state index in [1.54, 1.807) is 31.2 Å². The minimum Gasteiger partial charge on any atom is -0.462 e. The first-order chi connectivity index (χ1) is 13.4. The number of hydrogen-bond acceptors (Lipinski definition) is 5. The average molecular weight is 417 g/mol. The van der Waals surface area contributed by atoms with Gasteiger partial charge in [0, 0.05) is 11.4 Å². The number of nitrogens with zero attached hydrogens (tertiary/aromatic N) is 2. The monoisotopic (exact) mass is 416 g/mol. The Morgan fingerprint density at radius 1 is 1.00 bits per heavy atom. The Hall–Kier alpha value is -2.45. The van der Waals surface area contributed by atoms with Crippen LogP contribution in [0, 0.1) is 0 Å². The molecule has 2 atom stereocenters. The van der Waals surface area contributed by atoms with Crippen LogP contribution in [-0.4, -0.2) is 49.7 Å². The number of benzene rings is 2. The molecule has 2 aliphatic rings. The molecule has 28 heavy (non-hydrogen) atoms. The number of para-hydroxylation sites is 1. The number of carbonyl (C=O) groups is 1. The lowest BCUT2D eigenvalue weighted by atomic mass is 10.1. The van der Waals surface area contributed by atoms with Crippen molar-refractivity contribution in [3.05, 3.63) is 60.2 Å². The van der Waals surface area contributed by atoms with Crippen LogP contribution < -0.4 is 9.80 Å². The Balaban J connectivity index is 1.70. The molecule has 6 nitrogen and oxygen atoms in total. The van der Waals surface area contributed by atoms with E-state index in [0.29, 0.717) is 17.3 Å². The van der Waals surface area contributed by atoms with Crippen molar-refractivity contribution in [3.63, 3.8) is 0 Å². The molecule has 0 saturated carbocycles. The molecule has 4 rings (SSSR count). The van der Waals surface area contributed by atoms with Crippen molar-refractivity contribution in [3.8, 4) is 0 Å². The van der Waals surface area contributed by atoms with Gasteiger partial charge >= 0.3 is 5.97 Å². The van der Waals surface area contributed by atoms with E-state index in [4.69, 9.17) is 17.0 Å². The van der Waals surface area contributed by atoms with E-state index in [1.807, 2.05) is 40.1 Å². The van der Waals surface area contributed by atoms with Crippen LogP contribution in [0.5, 0.6) is 0 Å². The Morgan fingerprint density at radius 2 is 1.54 bits per heavy atom. The fraction of sp³-hybridized carbons (Fsp3) is 0.300. The minimum absolute atomic E-state index is 0.0563. The van der Waals surface area contributed by atoms with E-state index < -0.39 is 9.84 Å². The van der Waals surface area contributed by atoms with Crippen LogP contribution in [0.3, 0.4) is 0 Å². The highest BCUT2D eigenvalue weighted by Gasteiger charge is 2.52. The van der Waals surface area contributed by atoms with Gasteiger partial charge in [-0.05, 0) is 55.5 Å². The summed E-state index contributed by atoms with van der Waals surface area (Å²) in [6, 6.07) is 16.0. The zero-order chi connectivity index (χ0) is 19.9. The summed E-state index contributed by atoms with van der Waals surface area (Å²) >= 11 is 5.75. The summed E-state index contributed by atoms with van der Waals surface area (Å²) in [7, 11) is -3.16. The largest absolute Gasteiger partial charge is 0.462 e. The highest BCUT2D eigenvalue weighted by Crippen LogP contribution is 2.38. The molecular weight excluding hydrogens is 396 g/mol. The third-order valence-corrected chi connectivity index (χ3v) is 7.15. The summed E-state index contributed by atoms with van der Waals surface area (Å²) in [6.45, 7) is 2.07. The molecule has 0 amide bonds. The summed E-state index contributed by atoms with van der Waals surface area (Å²) in [6.07, 6.45) is 0. The Labute approximate surface area is 169 Å². The van der Waals surface area contributed by atoms with Gasteiger partial charge in [0.15, 0.2) is 14.9 Å². The SMILES string of the molecule is CCOC(=O)c1ccc(N2C(=S)N(c3ccccc3)[C@H]3CS(=O)(=O)C[C@@H]32)cc1. The van der Waals surface area contributed by atoms with Crippen LogP contribution in [-0.2, 0) is 14.6 Å². The number of sulfone groups is 1. The quantitative estimate of drug-likeness (QED) is 0.561. The minimum atomic E-state index is -3.16. The summed E-state index contributed by atoms with van der Waals surface area (Å²) in [5, 5.41) is 0.569. The van der Waals surface area contributed by atoms with Crippen LogP contribution in [0.25, 0.3) is 0 Å². The van der Waals surface area contributed by atoms with Crippen LogP contribution in [0.15, 0.2) is 54.6 Å². The van der Waals surface area contributed by atoms with Crippen molar-refractivity contribution >= 4 is 44.5 Å².